The van der Waals surface area contributed by atoms with E-state index < -0.39 is 17.9 Å². The highest BCUT2D eigenvalue weighted by molar-refractivity contribution is 5.92. The van der Waals surface area contributed by atoms with Gasteiger partial charge in [-0.2, -0.15) is 10.2 Å². The molecule has 0 atom stereocenters. The average molecular weight is 414 g/mol. The molecule has 2 aromatic rings. The molecule has 160 valence electrons. The molecule has 0 amide bonds. The Labute approximate surface area is 175 Å². The number of nitrogens with zero attached hydrogens (tertiary/aromatic N) is 2. The molecular formula is C22H26N2O6. The fourth-order valence-corrected chi connectivity index (χ4v) is 2.72. The van der Waals surface area contributed by atoms with Crippen LogP contribution in [0, 0.1) is 5.92 Å². The largest absolute Gasteiger partial charge is 0.497 e. The van der Waals surface area contributed by atoms with Gasteiger partial charge < -0.3 is 19.7 Å². The molecule has 0 aliphatic heterocycles. The minimum Gasteiger partial charge on any atom is -0.497 e. The number of benzene rings is 2. The Bertz CT molecular complexity index is 820. The van der Waals surface area contributed by atoms with E-state index in [1.54, 1.807) is 7.11 Å². The minimum absolute atomic E-state index is 0.151. The first-order valence-corrected chi connectivity index (χ1v) is 9.74. The number of aliphatic carboxylic acids is 2. The standard InChI is InChI=1S/C22H26N2O6/c1-29-18-11-7-16(8-12-18)23-24-17-9-13-19(14-10-17)30-15-5-3-2-4-6-20(21(25)26)22(27)28/h7-14,20H,2-6,15H2,1H3,(H,25,26)(H,27,28). The number of ether oxygens (including phenoxy) is 2. The van der Waals surface area contributed by atoms with E-state index in [-0.39, 0.29) is 6.42 Å². The van der Waals surface area contributed by atoms with Gasteiger partial charge >= 0.3 is 11.9 Å². The lowest BCUT2D eigenvalue weighted by molar-refractivity contribution is -0.154. The second-order valence-corrected chi connectivity index (χ2v) is 6.67. The quantitative estimate of drug-likeness (QED) is 0.263. The van der Waals surface area contributed by atoms with E-state index in [0.29, 0.717) is 18.7 Å². The minimum atomic E-state index is -1.32. The van der Waals surface area contributed by atoms with Crippen molar-refractivity contribution in [2.24, 2.45) is 16.1 Å². The van der Waals surface area contributed by atoms with Crippen molar-refractivity contribution in [2.75, 3.05) is 13.7 Å². The molecule has 0 heterocycles. The Kier molecular flexibility index (Phi) is 9.30. The summed E-state index contributed by atoms with van der Waals surface area (Å²) in [7, 11) is 1.61. The van der Waals surface area contributed by atoms with E-state index in [1.807, 2.05) is 48.5 Å². The van der Waals surface area contributed by atoms with Gasteiger partial charge in [-0.05, 0) is 61.4 Å². The van der Waals surface area contributed by atoms with Crippen LogP contribution in [0.4, 0.5) is 11.4 Å². The predicted octanol–water partition coefficient (Wildman–Crippen LogP) is 5.23. The molecular weight excluding hydrogens is 388 g/mol. The van der Waals surface area contributed by atoms with Crippen LogP contribution in [0.2, 0.25) is 0 Å². The van der Waals surface area contributed by atoms with Crippen molar-refractivity contribution >= 4 is 23.3 Å². The smallest absolute Gasteiger partial charge is 0.317 e. The summed E-state index contributed by atoms with van der Waals surface area (Å²) < 4.78 is 10.8. The topological polar surface area (TPSA) is 118 Å². The highest BCUT2D eigenvalue weighted by atomic mass is 16.5. The van der Waals surface area contributed by atoms with Gasteiger partial charge in [0.1, 0.15) is 11.5 Å². The van der Waals surface area contributed by atoms with Gasteiger partial charge in [0.15, 0.2) is 5.92 Å². The van der Waals surface area contributed by atoms with Gasteiger partial charge in [-0.25, -0.2) is 0 Å². The van der Waals surface area contributed by atoms with E-state index in [0.717, 1.165) is 36.4 Å². The van der Waals surface area contributed by atoms with Crippen LogP contribution in [0.5, 0.6) is 11.5 Å². The lowest BCUT2D eigenvalue weighted by Gasteiger charge is -2.08. The van der Waals surface area contributed by atoms with Crippen LogP contribution < -0.4 is 9.47 Å². The number of methoxy groups -OCH3 is 1. The van der Waals surface area contributed by atoms with Crippen molar-refractivity contribution in [3.63, 3.8) is 0 Å². The maximum absolute atomic E-state index is 10.8. The highest BCUT2D eigenvalue weighted by Gasteiger charge is 2.24. The summed E-state index contributed by atoms with van der Waals surface area (Å²) in [5.41, 5.74) is 1.44. The van der Waals surface area contributed by atoms with E-state index in [9.17, 15) is 9.59 Å². The molecule has 0 saturated carbocycles. The van der Waals surface area contributed by atoms with Gasteiger partial charge in [0.05, 0.1) is 25.1 Å². The summed E-state index contributed by atoms with van der Waals surface area (Å²) in [5.74, 6) is -2.38. The van der Waals surface area contributed by atoms with Crippen molar-refractivity contribution in [3.8, 4) is 11.5 Å². The summed E-state index contributed by atoms with van der Waals surface area (Å²) in [6.07, 6.45) is 3.14. The van der Waals surface area contributed by atoms with Gasteiger partial charge in [-0.3, -0.25) is 9.59 Å². The van der Waals surface area contributed by atoms with Gasteiger partial charge in [0.2, 0.25) is 0 Å². The number of carboxylic acid groups (broad SMARTS) is 2. The number of hydrogen-bond acceptors (Lipinski definition) is 6. The fourth-order valence-electron chi connectivity index (χ4n) is 2.72. The number of azo groups is 1. The number of hydrogen-bond donors (Lipinski definition) is 2. The second kappa shape index (κ2) is 12.2. The molecule has 0 aliphatic rings. The van der Waals surface area contributed by atoms with Crippen LogP contribution in [0.3, 0.4) is 0 Å². The van der Waals surface area contributed by atoms with E-state index in [4.69, 9.17) is 19.7 Å². The molecule has 0 radical (unpaired) electrons. The Morgan fingerprint density at radius 1 is 0.800 bits per heavy atom. The number of unbranched alkanes of at least 4 members (excludes halogenated alkanes) is 3. The van der Waals surface area contributed by atoms with Crippen LogP contribution in [0.25, 0.3) is 0 Å². The van der Waals surface area contributed by atoms with Crippen LogP contribution in [-0.2, 0) is 9.59 Å². The van der Waals surface area contributed by atoms with E-state index in [1.165, 1.54) is 0 Å². The summed E-state index contributed by atoms with van der Waals surface area (Å²) >= 11 is 0. The Morgan fingerprint density at radius 2 is 1.30 bits per heavy atom. The Balaban J connectivity index is 1.65. The van der Waals surface area contributed by atoms with Crippen molar-refractivity contribution in [1.82, 2.24) is 0 Å². The third-order valence-corrected chi connectivity index (χ3v) is 4.44. The second-order valence-electron chi connectivity index (χ2n) is 6.67. The third kappa shape index (κ3) is 7.90. The lowest BCUT2D eigenvalue weighted by Crippen LogP contribution is -2.23. The molecule has 0 saturated heterocycles. The molecule has 0 bridgehead atoms. The molecule has 2 N–H and O–H groups in total. The molecule has 0 unspecified atom stereocenters. The fraction of sp³-hybridized carbons (Fsp3) is 0.364. The number of carboxylic acids is 2. The Morgan fingerprint density at radius 3 is 1.80 bits per heavy atom. The van der Waals surface area contributed by atoms with Gasteiger partial charge in [-0.15, -0.1) is 0 Å². The summed E-state index contributed by atoms with van der Waals surface area (Å²) in [4.78, 5) is 21.6. The van der Waals surface area contributed by atoms with Crippen molar-refractivity contribution in [1.29, 1.82) is 0 Å². The zero-order chi connectivity index (χ0) is 21.8. The van der Waals surface area contributed by atoms with E-state index >= 15 is 0 Å². The first-order valence-electron chi connectivity index (χ1n) is 9.74. The van der Waals surface area contributed by atoms with Crippen LogP contribution >= 0.6 is 0 Å². The maximum Gasteiger partial charge on any atom is 0.317 e. The molecule has 0 aromatic heterocycles. The first-order chi connectivity index (χ1) is 14.5. The number of rotatable bonds is 13. The monoisotopic (exact) mass is 414 g/mol. The number of carbonyl (C=O) groups is 2. The highest BCUT2D eigenvalue weighted by Crippen LogP contribution is 2.23. The maximum atomic E-state index is 10.8. The van der Waals surface area contributed by atoms with Crippen molar-refractivity contribution < 1.29 is 29.3 Å². The van der Waals surface area contributed by atoms with Crippen molar-refractivity contribution in [3.05, 3.63) is 48.5 Å². The molecule has 8 heteroatoms. The molecule has 0 aliphatic carbocycles. The van der Waals surface area contributed by atoms with Crippen LogP contribution in [0.1, 0.15) is 32.1 Å². The summed E-state index contributed by atoms with van der Waals surface area (Å²) in [6.45, 7) is 0.536. The SMILES string of the molecule is COc1ccc(N=Nc2ccc(OCCCCCCC(C(=O)O)C(=O)O)cc2)cc1. The molecule has 2 rings (SSSR count). The normalized spacial score (nSPS) is 11.0. The molecule has 0 spiro atoms. The van der Waals surface area contributed by atoms with E-state index in [2.05, 4.69) is 10.2 Å². The first kappa shape index (κ1) is 22.9. The Hall–Kier alpha value is -3.42. The van der Waals surface area contributed by atoms with Crippen LogP contribution in [-0.4, -0.2) is 35.9 Å². The zero-order valence-electron chi connectivity index (χ0n) is 16.9. The third-order valence-electron chi connectivity index (χ3n) is 4.44. The molecule has 8 nitrogen and oxygen atoms in total. The molecule has 30 heavy (non-hydrogen) atoms. The van der Waals surface area contributed by atoms with Gasteiger partial charge in [0.25, 0.3) is 0 Å². The average Bonchev–Trinajstić information content (AvgIpc) is 2.74. The predicted molar refractivity (Wildman–Crippen MR) is 111 cm³/mol. The van der Waals surface area contributed by atoms with Gasteiger partial charge in [-0.1, -0.05) is 19.3 Å². The van der Waals surface area contributed by atoms with Crippen molar-refractivity contribution in [2.45, 2.75) is 32.1 Å². The summed E-state index contributed by atoms with van der Waals surface area (Å²) in [5, 5.41) is 26.0. The van der Waals surface area contributed by atoms with Crippen LogP contribution in [0.15, 0.2) is 58.8 Å². The van der Waals surface area contributed by atoms with Gasteiger partial charge in [0, 0.05) is 0 Å². The molecule has 0 fully saturated rings. The zero-order valence-corrected chi connectivity index (χ0v) is 16.9. The lowest BCUT2D eigenvalue weighted by atomic mass is 10.0. The summed E-state index contributed by atoms with van der Waals surface area (Å²) in [6, 6.07) is 14.6. The molecule has 2 aromatic carbocycles.